The molecule has 1 N–H and O–H groups in total. The van der Waals surface area contributed by atoms with Crippen LogP contribution in [-0.4, -0.2) is 53.4 Å². The van der Waals surface area contributed by atoms with Crippen LogP contribution in [0, 0.1) is 0 Å². The zero-order chi connectivity index (χ0) is 22.5. The van der Waals surface area contributed by atoms with Gasteiger partial charge in [-0.25, -0.2) is 4.98 Å². The van der Waals surface area contributed by atoms with Crippen molar-refractivity contribution in [2.45, 2.75) is 13.0 Å². The predicted octanol–water partition coefficient (Wildman–Crippen LogP) is 5.11. The van der Waals surface area contributed by atoms with Gasteiger partial charge in [-0.1, -0.05) is 60.7 Å². The van der Waals surface area contributed by atoms with E-state index >= 15 is 0 Å². The van der Waals surface area contributed by atoms with Crippen molar-refractivity contribution in [2.24, 2.45) is 0 Å². The van der Waals surface area contributed by atoms with Gasteiger partial charge in [0.25, 0.3) is 0 Å². The second-order valence-corrected chi connectivity index (χ2v) is 9.50. The Kier molecular flexibility index (Phi) is 6.76. The first-order valence-electron chi connectivity index (χ1n) is 11.5. The molecular weight excluding hydrogens is 428 g/mol. The Morgan fingerprint density at radius 3 is 2.33 bits per heavy atom. The zero-order valence-electron chi connectivity index (χ0n) is 18.6. The van der Waals surface area contributed by atoms with Gasteiger partial charge in [0, 0.05) is 56.9 Å². The Balaban J connectivity index is 1.10. The summed E-state index contributed by atoms with van der Waals surface area (Å²) in [4.78, 5) is 22.2. The third-order valence-electron chi connectivity index (χ3n) is 6.06. The monoisotopic (exact) mass is 456 g/mol. The minimum Gasteiger partial charge on any atom is -0.326 e. The van der Waals surface area contributed by atoms with Crippen molar-refractivity contribution in [3.63, 3.8) is 0 Å². The van der Waals surface area contributed by atoms with Crippen molar-refractivity contribution < 1.29 is 4.79 Å². The van der Waals surface area contributed by atoms with Crippen LogP contribution in [0.3, 0.4) is 0 Å². The van der Waals surface area contributed by atoms with Crippen LogP contribution in [0.2, 0.25) is 0 Å². The number of aromatic nitrogens is 1. The maximum absolute atomic E-state index is 12.6. The van der Waals surface area contributed by atoms with Crippen LogP contribution in [0.1, 0.15) is 12.0 Å². The predicted molar refractivity (Wildman–Crippen MR) is 136 cm³/mol. The normalized spacial score (nSPS) is 15.0. The molecule has 4 aromatic rings. The van der Waals surface area contributed by atoms with Crippen LogP contribution in [0.5, 0.6) is 0 Å². The molecule has 1 saturated heterocycles. The number of hydrogen-bond donors (Lipinski definition) is 1. The number of nitrogens with one attached hydrogen (secondary N) is 1. The van der Waals surface area contributed by atoms with E-state index in [0.717, 1.165) is 65.7 Å². The fraction of sp³-hybridized carbons (Fsp3) is 0.259. The average Bonchev–Trinajstić information content (AvgIpc) is 3.28. The first kappa shape index (κ1) is 21.8. The molecule has 5 rings (SSSR count). The summed E-state index contributed by atoms with van der Waals surface area (Å²) >= 11 is 1.65. The van der Waals surface area contributed by atoms with Gasteiger partial charge >= 0.3 is 0 Å². The second kappa shape index (κ2) is 10.3. The van der Waals surface area contributed by atoms with Gasteiger partial charge in [0.2, 0.25) is 5.91 Å². The number of thiazole rings is 1. The largest absolute Gasteiger partial charge is 0.326 e. The molecule has 2 heterocycles. The van der Waals surface area contributed by atoms with Crippen molar-refractivity contribution in [1.29, 1.82) is 0 Å². The molecule has 1 aromatic heterocycles. The third kappa shape index (κ3) is 5.66. The molecule has 168 valence electrons. The molecule has 3 aromatic carbocycles. The molecule has 0 aliphatic carbocycles. The summed E-state index contributed by atoms with van der Waals surface area (Å²) in [6.45, 7) is 5.90. The SMILES string of the molecule is O=C(CCN1CCN(Cc2ccccc2)CC1)Nc1ccc2nc(-c3ccccc3)sc2c1. The molecule has 0 spiro atoms. The van der Waals surface area contributed by atoms with Crippen molar-refractivity contribution in [1.82, 2.24) is 14.8 Å². The third-order valence-corrected chi connectivity index (χ3v) is 7.13. The summed E-state index contributed by atoms with van der Waals surface area (Å²) < 4.78 is 1.08. The highest BCUT2D eigenvalue weighted by Crippen LogP contribution is 2.31. The van der Waals surface area contributed by atoms with Crippen LogP contribution >= 0.6 is 11.3 Å². The lowest BCUT2D eigenvalue weighted by molar-refractivity contribution is -0.116. The maximum Gasteiger partial charge on any atom is 0.225 e. The quantitative estimate of drug-likeness (QED) is 0.420. The van der Waals surface area contributed by atoms with Gasteiger partial charge in [0.1, 0.15) is 5.01 Å². The summed E-state index contributed by atoms with van der Waals surface area (Å²) in [5.74, 6) is 0.0638. The lowest BCUT2D eigenvalue weighted by Gasteiger charge is -2.34. The van der Waals surface area contributed by atoms with Gasteiger partial charge in [-0.2, -0.15) is 0 Å². The first-order valence-corrected chi connectivity index (χ1v) is 12.3. The van der Waals surface area contributed by atoms with E-state index in [4.69, 9.17) is 4.98 Å². The number of carbonyl (C=O) groups is 1. The molecule has 1 amide bonds. The minimum absolute atomic E-state index is 0.0638. The van der Waals surface area contributed by atoms with E-state index in [1.807, 2.05) is 36.4 Å². The lowest BCUT2D eigenvalue weighted by Crippen LogP contribution is -2.46. The number of benzene rings is 3. The number of hydrogen-bond acceptors (Lipinski definition) is 5. The van der Waals surface area contributed by atoms with E-state index in [9.17, 15) is 4.79 Å². The summed E-state index contributed by atoms with van der Waals surface area (Å²) in [5, 5.41) is 4.07. The molecular formula is C27H28N4OS. The number of fused-ring (bicyclic) bond motifs is 1. The number of amides is 1. The van der Waals surface area contributed by atoms with Gasteiger partial charge in [-0.05, 0) is 23.8 Å². The van der Waals surface area contributed by atoms with Crippen LogP contribution < -0.4 is 5.32 Å². The molecule has 6 heteroatoms. The highest BCUT2D eigenvalue weighted by atomic mass is 32.1. The molecule has 0 unspecified atom stereocenters. The van der Waals surface area contributed by atoms with Gasteiger partial charge in [-0.3, -0.25) is 9.69 Å². The number of carbonyl (C=O) groups excluding carboxylic acids is 1. The fourth-order valence-electron chi connectivity index (χ4n) is 4.20. The highest BCUT2D eigenvalue weighted by Gasteiger charge is 2.17. The molecule has 1 aliphatic rings. The van der Waals surface area contributed by atoms with Gasteiger partial charge in [0.05, 0.1) is 10.2 Å². The Morgan fingerprint density at radius 2 is 1.58 bits per heavy atom. The smallest absolute Gasteiger partial charge is 0.225 e. The van der Waals surface area contributed by atoms with Gasteiger partial charge in [-0.15, -0.1) is 11.3 Å². The maximum atomic E-state index is 12.6. The van der Waals surface area contributed by atoms with Crippen LogP contribution in [0.4, 0.5) is 5.69 Å². The van der Waals surface area contributed by atoms with Gasteiger partial charge in [0.15, 0.2) is 0 Å². The Hall–Kier alpha value is -3.06. The van der Waals surface area contributed by atoms with E-state index in [0.29, 0.717) is 6.42 Å². The number of anilines is 1. The Bertz CT molecular complexity index is 1200. The Morgan fingerprint density at radius 1 is 0.879 bits per heavy atom. The topological polar surface area (TPSA) is 48.5 Å². The fourth-order valence-corrected chi connectivity index (χ4v) is 5.21. The lowest BCUT2D eigenvalue weighted by atomic mass is 10.2. The van der Waals surface area contributed by atoms with E-state index in [1.54, 1.807) is 11.3 Å². The van der Waals surface area contributed by atoms with Crippen LogP contribution in [-0.2, 0) is 11.3 Å². The number of nitrogens with zero attached hydrogens (tertiary/aromatic N) is 3. The molecule has 33 heavy (non-hydrogen) atoms. The minimum atomic E-state index is 0.0638. The zero-order valence-corrected chi connectivity index (χ0v) is 19.4. The summed E-state index contributed by atoms with van der Waals surface area (Å²) in [7, 11) is 0. The second-order valence-electron chi connectivity index (χ2n) is 8.47. The molecule has 0 atom stereocenters. The van der Waals surface area contributed by atoms with E-state index in [2.05, 4.69) is 57.6 Å². The van der Waals surface area contributed by atoms with Crippen molar-refractivity contribution in [3.05, 3.63) is 84.4 Å². The molecule has 5 nitrogen and oxygen atoms in total. The molecule has 0 saturated carbocycles. The standard InChI is InChI=1S/C27H28N4OS/c32-26(13-14-30-15-17-31(18-16-30)20-21-7-3-1-4-8-21)28-23-11-12-24-25(19-23)33-27(29-24)22-9-5-2-6-10-22/h1-12,19H,13-18,20H2,(H,28,32). The number of piperazine rings is 1. The summed E-state index contributed by atoms with van der Waals surface area (Å²) in [6.07, 6.45) is 0.509. The Labute approximate surface area is 198 Å². The van der Waals surface area contributed by atoms with Crippen molar-refractivity contribution >= 4 is 33.1 Å². The van der Waals surface area contributed by atoms with E-state index in [-0.39, 0.29) is 5.91 Å². The van der Waals surface area contributed by atoms with Crippen molar-refractivity contribution in [2.75, 3.05) is 38.0 Å². The molecule has 0 bridgehead atoms. The summed E-state index contributed by atoms with van der Waals surface area (Å²) in [6, 6.07) is 26.8. The van der Waals surface area contributed by atoms with Crippen LogP contribution in [0.25, 0.3) is 20.8 Å². The average molecular weight is 457 g/mol. The molecule has 1 fully saturated rings. The molecule has 1 aliphatic heterocycles. The van der Waals surface area contributed by atoms with E-state index < -0.39 is 0 Å². The highest BCUT2D eigenvalue weighted by molar-refractivity contribution is 7.21. The van der Waals surface area contributed by atoms with Crippen LogP contribution in [0.15, 0.2) is 78.9 Å². The van der Waals surface area contributed by atoms with E-state index in [1.165, 1.54) is 5.56 Å². The van der Waals surface area contributed by atoms with Gasteiger partial charge < -0.3 is 10.2 Å². The number of rotatable bonds is 7. The molecule has 0 radical (unpaired) electrons. The first-order chi connectivity index (χ1) is 16.2. The van der Waals surface area contributed by atoms with Crippen molar-refractivity contribution in [3.8, 4) is 10.6 Å². The summed E-state index contributed by atoms with van der Waals surface area (Å²) in [5.41, 5.74) is 4.28.